The molecule has 19 heavy (non-hydrogen) atoms. The fourth-order valence-electron chi connectivity index (χ4n) is 2.26. The number of hydrogen-bond acceptors (Lipinski definition) is 4. The highest BCUT2D eigenvalue weighted by Crippen LogP contribution is 2.42. The quantitative estimate of drug-likeness (QED) is 0.823. The number of aromatic nitrogens is 2. The van der Waals surface area contributed by atoms with Gasteiger partial charge in [0.05, 0.1) is 6.07 Å². The molecule has 1 aliphatic carbocycles. The second-order valence-electron chi connectivity index (χ2n) is 4.88. The van der Waals surface area contributed by atoms with E-state index in [2.05, 4.69) is 14.7 Å². The van der Waals surface area contributed by atoms with E-state index in [-0.39, 0.29) is 5.89 Å². The fourth-order valence-corrected chi connectivity index (χ4v) is 2.26. The highest BCUT2D eigenvalue weighted by atomic mass is 19.4. The molecule has 0 spiro atoms. The van der Waals surface area contributed by atoms with Crippen molar-refractivity contribution < 1.29 is 17.7 Å². The van der Waals surface area contributed by atoms with Gasteiger partial charge in [-0.1, -0.05) is 18.5 Å². The maximum absolute atomic E-state index is 12.4. The summed E-state index contributed by atoms with van der Waals surface area (Å²) in [5.74, 6) is -1.37. The Bertz CT molecular complexity index is 473. The Balaban J connectivity index is 2.09. The summed E-state index contributed by atoms with van der Waals surface area (Å²) in [5, 5.41) is 12.0. The molecule has 4 nitrogen and oxygen atoms in total. The van der Waals surface area contributed by atoms with E-state index in [1.54, 1.807) is 0 Å². The van der Waals surface area contributed by atoms with Gasteiger partial charge in [0, 0.05) is 0 Å². The molecule has 0 aromatic carbocycles. The van der Waals surface area contributed by atoms with Gasteiger partial charge in [-0.3, -0.25) is 0 Å². The minimum absolute atomic E-state index is 0.228. The third-order valence-electron chi connectivity index (χ3n) is 3.50. The first-order valence-electron chi connectivity index (χ1n) is 6.26. The number of rotatable bonds is 5. The molecule has 1 aliphatic rings. The first-order chi connectivity index (χ1) is 8.95. The van der Waals surface area contributed by atoms with E-state index in [1.807, 2.05) is 13.0 Å². The van der Waals surface area contributed by atoms with E-state index in [0.717, 1.165) is 19.3 Å². The van der Waals surface area contributed by atoms with Gasteiger partial charge in [-0.15, -0.1) is 0 Å². The third kappa shape index (κ3) is 3.25. The summed E-state index contributed by atoms with van der Waals surface area (Å²) in [6, 6.07) is 1.97. The van der Waals surface area contributed by atoms with Crippen LogP contribution in [0.25, 0.3) is 0 Å². The number of nitriles is 1. The monoisotopic (exact) mass is 273 g/mol. The van der Waals surface area contributed by atoms with E-state index in [1.165, 1.54) is 0 Å². The Hall–Kier alpha value is -1.58. The van der Waals surface area contributed by atoms with Crippen molar-refractivity contribution in [3.8, 4) is 6.07 Å². The molecule has 1 heterocycles. The predicted molar refractivity (Wildman–Crippen MR) is 58.8 cm³/mol. The molecular formula is C12H14F3N3O. The molecule has 0 N–H and O–H groups in total. The van der Waals surface area contributed by atoms with Gasteiger partial charge in [0.1, 0.15) is 5.92 Å². The van der Waals surface area contributed by atoms with Crippen molar-refractivity contribution in [3.05, 3.63) is 11.7 Å². The maximum atomic E-state index is 12.4. The summed E-state index contributed by atoms with van der Waals surface area (Å²) < 4.78 is 41.7. The van der Waals surface area contributed by atoms with Crippen molar-refractivity contribution in [2.75, 3.05) is 0 Å². The maximum Gasteiger partial charge on any atom is 0.455 e. The van der Waals surface area contributed by atoms with Crippen LogP contribution in [0, 0.1) is 23.2 Å². The molecule has 1 aromatic heterocycles. The van der Waals surface area contributed by atoms with E-state index in [4.69, 9.17) is 5.26 Å². The second-order valence-corrected chi connectivity index (χ2v) is 4.88. The van der Waals surface area contributed by atoms with Crippen molar-refractivity contribution in [2.24, 2.45) is 11.8 Å². The molecule has 1 saturated carbocycles. The van der Waals surface area contributed by atoms with E-state index in [9.17, 15) is 13.2 Å². The van der Waals surface area contributed by atoms with Gasteiger partial charge in [0.15, 0.2) is 0 Å². The lowest BCUT2D eigenvalue weighted by molar-refractivity contribution is -0.146. The highest BCUT2D eigenvalue weighted by molar-refractivity contribution is 5.07. The first-order valence-corrected chi connectivity index (χ1v) is 6.26. The van der Waals surface area contributed by atoms with Crippen molar-refractivity contribution in [1.82, 2.24) is 10.1 Å². The average molecular weight is 273 g/mol. The summed E-state index contributed by atoms with van der Waals surface area (Å²) in [6.45, 7) is 2.02. The largest absolute Gasteiger partial charge is 0.455 e. The van der Waals surface area contributed by atoms with Crippen LogP contribution in [0.4, 0.5) is 13.2 Å². The Morgan fingerprint density at radius 2 is 2.16 bits per heavy atom. The summed E-state index contributed by atoms with van der Waals surface area (Å²) in [4.78, 5) is 3.29. The van der Waals surface area contributed by atoms with E-state index in [0.29, 0.717) is 18.3 Å². The van der Waals surface area contributed by atoms with Gasteiger partial charge >= 0.3 is 6.18 Å². The van der Waals surface area contributed by atoms with Crippen molar-refractivity contribution in [1.29, 1.82) is 5.26 Å². The Labute approximate surface area is 108 Å². The molecule has 2 unspecified atom stereocenters. The van der Waals surface area contributed by atoms with Gasteiger partial charge in [-0.25, -0.2) is 0 Å². The highest BCUT2D eigenvalue weighted by Gasteiger charge is 2.39. The molecule has 2 atom stereocenters. The topological polar surface area (TPSA) is 62.7 Å². The lowest BCUT2D eigenvalue weighted by atomic mass is 9.89. The van der Waals surface area contributed by atoms with Crippen LogP contribution in [-0.4, -0.2) is 10.1 Å². The molecule has 1 aromatic rings. The Morgan fingerprint density at radius 1 is 1.47 bits per heavy atom. The lowest BCUT2D eigenvalue weighted by Gasteiger charge is -2.14. The standard InChI is InChI=1S/C12H14F3N3O/c1-2-7(8-3-4-8)5-9(6-16)10-17-11(18-19-10)12(13,14)15/h7-9H,2-5H2,1H3. The average Bonchev–Trinajstić information content (AvgIpc) is 3.06. The third-order valence-corrected chi connectivity index (χ3v) is 3.50. The minimum Gasteiger partial charge on any atom is -0.338 e. The molecular weight excluding hydrogens is 259 g/mol. The van der Waals surface area contributed by atoms with Crippen LogP contribution >= 0.6 is 0 Å². The summed E-state index contributed by atoms with van der Waals surface area (Å²) >= 11 is 0. The van der Waals surface area contributed by atoms with Crippen molar-refractivity contribution >= 4 is 0 Å². The van der Waals surface area contributed by atoms with Crippen molar-refractivity contribution in [3.63, 3.8) is 0 Å². The molecule has 2 rings (SSSR count). The van der Waals surface area contributed by atoms with Crippen LogP contribution in [0.1, 0.15) is 50.2 Å². The molecule has 0 radical (unpaired) electrons. The van der Waals surface area contributed by atoms with Gasteiger partial charge < -0.3 is 4.52 Å². The van der Waals surface area contributed by atoms with Gasteiger partial charge in [-0.2, -0.15) is 23.4 Å². The SMILES string of the molecule is CCC(CC(C#N)c1nc(C(F)(F)F)no1)C1CC1. The number of hydrogen-bond donors (Lipinski definition) is 0. The first kappa shape index (κ1) is 13.8. The molecule has 7 heteroatoms. The summed E-state index contributed by atoms with van der Waals surface area (Å²) in [7, 11) is 0. The fraction of sp³-hybridized carbons (Fsp3) is 0.750. The van der Waals surface area contributed by atoms with Gasteiger partial charge in [-0.05, 0) is 31.1 Å². The van der Waals surface area contributed by atoms with Crippen LogP contribution in [0.3, 0.4) is 0 Å². The molecule has 0 saturated heterocycles. The minimum atomic E-state index is -4.64. The van der Waals surface area contributed by atoms with Crippen LogP contribution in [0.5, 0.6) is 0 Å². The number of alkyl halides is 3. The zero-order valence-electron chi connectivity index (χ0n) is 10.4. The Morgan fingerprint density at radius 3 is 2.58 bits per heavy atom. The van der Waals surface area contributed by atoms with E-state index >= 15 is 0 Å². The van der Waals surface area contributed by atoms with Crippen LogP contribution in [-0.2, 0) is 6.18 Å². The molecule has 104 valence electrons. The predicted octanol–water partition coefficient (Wildman–Crippen LogP) is 3.52. The Kier molecular flexibility index (Phi) is 3.78. The normalized spacial score (nSPS) is 18.9. The number of halogens is 3. The van der Waals surface area contributed by atoms with Gasteiger partial charge in [0.2, 0.25) is 5.89 Å². The zero-order chi connectivity index (χ0) is 14.0. The smallest absolute Gasteiger partial charge is 0.338 e. The van der Waals surface area contributed by atoms with E-state index < -0.39 is 17.9 Å². The molecule has 0 aliphatic heterocycles. The lowest BCUT2D eigenvalue weighted by Crippen LogP contribution is -2.10. The summed E-state index contributed by atoms with van der Waals surface area (Å²) in [5.41, 5.74) is 0. The van der Waals surface area contributed by atoms with Gasteiger partial charge in [0.25, 0.3) is 5.82 Å². The zero-order valence-corrected chi connectivity index (χ0v) is 10.4. The second kappa shape index (κ2) is 5.19. The molecule has 1 fully saturated rings. The number of nitrogens with zero attached hydrogens (tertiary/aromatic N) is 3. The van der Waals surface area contributed by atoms with Crippen LogP contribution in [0.15, 0.2) is 4.52 Å². The van der Waals surface area contributed by atoms with Crippen molar-refractivity contribution in [2.45, 2.75) is 44.7 Å². The van der Waals surface area contributed by atoms with Crippen LogP contribution in [0.2, 0.25) is 0 Å². The summed E-state index contributed by atoms with van der Waals surface area (Å²) in [6.07, 6.45) is -0.981. The molecule has 0 amide bonds. The molecule has 0 bridgehead atoms. The van der Waals surface area contributed by atoms with Crippen LogP contribution < -0.4 is 0 Å².